The van der Waals surface area contributed by atoms with E-state index in [0.717, 1.165) is 83.4 Å². The van der Waals surface area contributed by atoms with E-state index in [9.17, 15) is 14.7 Å². The Bertz CT molecular complexity index is 707. The van der Waals surface area contributed by atoms with E-state index < -0.39 is 0 Å². The number of rotatable bonds is 4. The third kappa shape index (κ3) is 4.92. The summed E-state index contributed by atoms with van der Waals surface area (Å²) < 4.78 is 0. The number of likely N-dealkylation sites (tertiary alicyclic amines) is 3. The fourth-order valence-electron chi connectivity index (χ4n) is 5.12. The van der Waals surface area contributed by atoms with Gasteiger partial charge in [-0.1, -0.05) is 12.1 Å². The van der Waals surface area contributed by atoms with Crippen LogP contribution < -0.4 is 0 Å². The van der Waals surface area contributed by atoms with Crippen LogP contribution in [0, 0.1) is 5.92 Å². The van der Waals surface area contributed by atoms with E-state index in [1.54, 1.807) is 12.1 Å². The average Bonchev–Trinajstić information content (AvgIpc) is 3.30. The van der Waals surface area contributed by atoms with Gasteiger partial charge in [0.05, 0.1) is 12.3 Å². The molecule has 0 aromatic heterocycles. The Morgan fingerprint density at radius 2 is 1.55 bits per heavy atom. The van der Waals surface area contributed by atoms with Crippen LogP contribution in [0.5, 0.6) is 5.75 Å². The summed E-state index contributed by atoms with van der Waals surface area (Å²) in [6, 6.07) is 7.37. The van der Waals surface area contributed by atoms with Crippen LogP contribution in [-0.2, 0) is 16.0 Å². The van der Waals surface area contributed by atoms with Gasteiger partial charge < -0.3 is 14.9 Å². The lowest BCUT2D eigenvalue weighted by atomic mass is 9.92. The Morgan fingerprint density at radius 1 is 0.862 bits per heavy atom. The van der Waals surface area contributed by atoms with E-state index in [4.69, 9.17) is 0 Å². The maximum Gasteiger partial charge on any atom is 0.226 e. The van der Waals surface area contributed by atoms with Gasteiger partial charge in [-0.25, -0.2) is 0 Å². The molecule has 1 N–H and O–H groups in total. The van der Waals surface area contributed by atoms with Crippen LogP contribution in [0.25, 0.3) is 0 Å². The number of phenolic OH excluding ortho intramolecular Hbond substituents is 1. The normalized spacial score (nSPS) is 24.1. The predicted octanol–water partition coefficient (Wildman–Crippen LogP) is 2.26. The Balaban J connectivity index is 1.26. The van der Waals surface area contributed by atoms with Gasteiger partial charge in [0.25, 0.3) is 0 Å². The van der Waals surface area contributed by atoms with Crippen molar-refractivity contribution in [3.8, 4) is 5.75 Å². The molecule has 158 valence electrons. The number of benzene rings is 1. The van der Waals surface area contributed by atoms with Crippen LogP contribution >= 0.6 is 0 Å². The lowest BCUT2D eigenvalue weighted by molar-refractivity contribution is -0.136. The number of carbonyl (C=O) groups excluding carboxylic acids is 2. The van der Waals surface area contributed by atoms with Gasteiger partial charge >= 0.3 is 0 Å². The minimum absolute atomic E-state index is 0.162. The number of hydrogen-bond acceptors (Lipinski definition) is 4. The van der Waals surface area contributed by atoms with Crippen LogP contribution in [0.2, 0.25) is 0 Å². The van der Waals surface area contributed by atoms with Gasteiger partial charge in [0, 0.05) is 38.8 Å². The molecular formula is C23H33N3O3. The molecule has 1 aromatic carbocycles. The minimum atomic E-state index is 0.162. The molecule has 4 rings (SSSR count). The van der Waals surface area contributed by atoms with Crippen molar-refractivity contribution in [3.05, 3.63) is 29.8 Å². The zero-order valence-corrected chi connectivity index (χ0v) is 17.3. The highest BCUT2D eigenvalue weighted by molar-refractivity contribution is 5.79. The Kier molecular flexibility index (Phi) is 6.38. The highest BCUT2D eigenvalue weighted by Crippen LogP contribution is 2.26. The monoisotopic (exact) mass is 399 g/mol. The van der Waals surface area contributed by atoms with Crippen LogP contribution in [0.1, 0.15) is 44.1 Å². The molecule has 1 unspecified atom stereocenters. The number of nitrogens with zero attached hydrogens (tertiary/aromatic N) is 3. The molecular weight excluding hydrogens is 366 g/mol. The van der Waals surface area contributed by atoms with Crippen molar-refractivity contribution in [1.82, 2.24) is 14.7 Å². The van der Waals surface area contributed by atoms with Gasteiger partial charge in [-0.2, -0.15) is 0 Å². The summed E-state index contributed by atoms with van der Waals surface area (Å²) in [6.45, 7) is 5.44. The SMILES string of the molecule is O=C(Cc1ccc(O)cc1)N1CCC(N2CCCC(C(=O)N3CCCC3)C2)CC1. The third-order valence-corrected chi connectivity index (χ3v) is 6.85. The smallest absolute Gasteiger partial charge is 0.226 e. The summed E-state index contributed by atoms with van der Waals surface area (Å²) in [5.74, 6) is 0.921. The summed E-state index contributed by atoms with van der Waals surface area (Å²) in [6.07, 6.45) is 6.80. The van der Waals surface area contributed by atoms with Crippen LogP contribution in [0.3, 0.4) is 0 Å². The molecule has 1 atom stereocenters. The molecule has 0 spiro atoms. The van der Waals surface area contributed by atoms with Crippen molar-refractivity contribution in [2.75, 3.05) is 39.3 Å². The first-order valence-electron chi connectivity index (χ1n) is 11.2. The minimum Gasteiger partial charge on any atom is -0.508 e. The number of hydrogen-bond donors (Lipinski definition) is 1. The summed E-state index contributed by atoms with van der Waals surface area (Å²) >= 11 is 0. The summed E-state index contributed by atoms with van der Waals surface area (Å²) in [5, 5.41) is 9.38. The van der Waals surface area contributed by atoms with E-state index in [-0.39, 0.29) is 17.6 Å². The first-order chi connectivity index (χ1) is 14.1. The van der Waals surface area contributed by atoms with Crippen molar-refractivity contribution in [2.24, 2.45) is 5.92 Å². The maximum atomic E-state index is 12.8. The Labute approximate surface area is 173 Å². The van der Waals surface area contributed by atoms with Gasteiger partial charge in [0.2, 0.25) is 11.8 Å². The summed E-state index contributed by atoms with van der Waals surface area (Å²) in [4.78, 5) is 32.0. The zero-order valence-electron chi connectivity index (χ0n) is 17.3. The molecule has 3 fully saturated rings. The quantitative estimate of drug-likeness (QED) is 0.844. The van der Waals surface area contributed by atoms with Crippen LogP contribution in [0.4, 0.5) is 0 Å². The molecule has 6 heteroatoms. The van der Waals surface area contributed by atoms with Gasteiger partial charge in [0.15, 0.2) is 0 Å². The number of aromatic hydroxyl groups is 1. The van der Waals surface area contributed by atoms with Gasteiger partial charge in [-0.3, -0.25) is 14.5 Å². The zero-order chi connectivity index (χ0) is 20.2. The van der Waals surface area contributed by atoms with Crippen molar-refractivity contribution in [3.63, 3.8) is 0 Å². The summed E-state index contributed by atoms with van der Waals surface area (Å²) in [7, 11) is 0. The number of phenols is 1. The average molecular weight is 400 g/mol. The topological polar surface area (TPSA) is 64.1 Å². The third-order valence-electron chi connectivity index (χ3n) is 6.85. The second-order valence-electron chi connectivity index (χ2n) is 8.82. The predicted molar refractivity (Wildman–Crippen MR) is 112 cm³/mol. The Hall–Kier alpha value is -2.08. The van der Waals surface area contributed by atoms with Crippen molar-refractivity contribution >= 4 is 11.8 Å². The van der Waals surface area contributed by atoms with E-state index in [0.29, 0.717) is 18.4 Å². The fourth-order valence-corrected chi connectivity index (χ4v) is 5.12. The number of piperidine rings is 2. The standard InChI is InChI=1S/C23H33N3O3/c27-21-7-5-18(6-8-21)16-22(28)24-14-9-20(10-15-24)26-13-3-4-19(17-26)23(29)25-11-1-2-12-25/h5-8,19-20,27H,1-4,9-17H2. The molecule has 0 aliphatic carbocycles. The van der Waals surface area contributed by atoms with Crippen LogP contribution in [0.15, 0.2) is 24.3 Å². The van der Waals surface area contributed by atoms with Gasteiger partial charge in [0.1, 0.15) is 5.75 Å². The lowest BCUT2D eigenvalue weighted by Gasteiger charge is -2.42. The first kappa shape index (κ1) is 20.2. The molecule has 0 bridgehead atoms. The van der Waals surface area contributed by atoms with Crippen molar-refractivity contribution in [1.29, 1.82) is 0 Å². The first-order valence-corrected chi connectivity index (χ1v) is 11.2. The molecule has 2 amide bonds. The molecule has 1 aromatic rings. The van der Waals surface area contributed by atoms with E-state index in [1.165, 1.54) is 0 Å². The van der Waals surface area contributed by atoms with Gasteiger partial charge in [-0.05, 0) is 62.8 Å². The molecule has 29 heavy (non-hydrogen) atoms. The van der Waals surface area contributed by atoms with E-state index >= 15 is 0 Å². The Morgan fingerprint density at radius 3 is 2.24 bits per heavy atom. The fraction of sp³-hybridized carbons (Fsp3) is 0.652. The second kappa shape index (κ2) is 9.16. The molecule has 3 aliphatic heterocycles. The van der Waals surface area contributed by atoms with E-state index in [1.807, 2.05) is 17.0 Å². The van der Waals surface area contributed by atoms with E-state index in [2.05, 4.69) is 9.80 Å². The molecule has 3 heterocycles. The molecule has 6 nitrogen and oxygen atoms in total. The largest absolute Gasteiger partial charge is 0.508 e. The highest BCUT2D eigenvalue weighted by Gasteiger charge is 2.34. The molecule has 3 saturated heterocycles. The van der Waals surface area contributed by atoms with Gasteiger partial charge in [-0.15, -0.1) is 0 Å². The summed E-state index contributed by atoms with van der Waals surface area (Å²) in [5.41, 5.74) is 0.939. The maximum absolute atomic E-state index is 12.8. The molecule has 3 aliphatic rings. The molecule has 0 radical (unpaired) electrons. The van der Waals surface area contributed by atoms with Crippen molar-refractivity contribution < 1.29 is 14.7 Å². The lowest BCUT2D eigenvalue weighted by Crippen LogP contribution is -2.52. The number of amides is 2. The van der Waals surface area contributed by atoms with Crippen molar-refractivity contribution in [2.45, 2.75) is 51.0 Å². The second-order valence-corrected chi connectivity index (χ2v) is 8.82. The molecule has 0 saturated carbocycles. The highest BCUT2D eigenvalue weighted by atomic mass is 16.3. The van der Waals surface area contributed by atoms with Crippen LogP contribution in [-0.4, -0.2) is 76.9 Å². The number of carbonyl (C=O) groups is 2.